The lowest BCUT2D eigenvalue weighted by atomic mass is 9.60. The van der Waals surface area contributed by atoms with E-state index in [1.165, 1.54) is 33.3 Å². The van der Waals surface area contributed by atoms with Gasteiger partial charge in [-0.1, -0.05) is 38.2 Å². The van der Waals surface area contributed by atoms with Crippen molar-refractivity contribution in [3.8, 4) is 0 Å². The number of ether oxygens (including phenoxy) is 2. The van der Waals surface area contributed by atoms with Gasteiger partial charge in [0, 0.05) is 33.1 Å². The molecular weight excluding hydrogens is 490 g/mol. The highest BCUT2D eigenvalue weighted by Crippen LogP contribution is 2.60. The van der Waals surface area contributed by atoms with E-state index in [4.69, 9.17) is 9.47 Å². The Balaban J connectivity index is 1.77. The van der Waals surface area contributed by atoms with Crippen LogP contribution in [-0.2, 0) is 19.1 Å². The van der Waals surface area contributed by atoms with Crippen molar-refractivity contribution in [2.24, 2.45) is 23.2 Å². The fourth-order valence-electron chi connectivity index (χ4n) is 7.20. The molecule has 0 spiro atoms. The van der Waals surface area contributed by atoms with Crippen molar-refractivity contribution >= 4 is 11.9 Å². The highest BCUT2D eigenvalue weighted by atomic mass is 19.3. The van der Waals surface area contributed by atoms with Gasteiger partial charge < -0.3 is 14.6 Å². The first-order chi connectivity index (χ1) is 17.5. The Morgan fingerprint density at radius 3 is 2.45 bits per heavy atom. The molecule has 0 radical (unpaired) electrons. The molecule has 0 bridgehead atoms. The molecule has 3 rings (SSSR count). The van der Waals surface area contributed by atoms with Crippen molar-refractivity contribution in [3.63, 3.8) is 0 Å². The first kappa shape index (κ1) is 30.5. The molecule has 0 amide bonds. The SMILES string of the molecule is C=C1/C(=C\C=C2/CCC[C@]3(C)[C@@H]([C@H](C)CCC(F)(F)C(C)(C)O)CC[C@@H]23)C[C@@H](OC(C)=O)C[C@@H]1OC(C)=O. The number of aliphatic hydroxyl groups is 1. The third-order valence-electron chi connectivity index (χ3n) is 9.40. The summed E-state index contributed by atoms with van der Waals surface area (Å²) < 4.78 is 39.8. The summed E-state index contributed by atoms with van der Waals surface area (Å²) in [5.41, 5.74) is 1.06. The van der Waals surface area contributed by atoms with E-state index >= 15 is 0 Å². The fraction of sp³-hybridized carbons (Fsp3) is 0.742. The number of allylic oxidation sites excluding steroid dienone is 3. The Hall–Kier alpha value is -2.02. The maximum atomic E-state index is 14.4. The Bertz CT molecular complexity index is 975. The van der Waals surface area contributed by atoms with Crippen LogP contribution in [0.15, 0.2) is 35.5 Å². The predicted molar refractivity (Wildman–Crippen MR) is 143 cm³/mol. The molecule has 214 valence electrons. The van der Waals surface area contributed by atoms with Crippen LogP contribution in [0, 0.1) is 23.2 Å². The summed E-state index contributed by atoms with van der Waals surface area (Å²) in [7, 11) is 0. The molecule has 3 aliphatic rings. The zero-order valence-electron chi connectivity index (χ0n) is 23.9. The van der Waals surface area contributed by atoms with Crippen LogP contribution >= 0.6 is 0 Å². The molecule has 6 atom stereocenters. The standard InChI is InChI=1S/C31H46F2O5/c1-19(14-16-31(32,33)29(5,6)36)26-12-13-27-23(9-8-15-30(26,27)7)10-11-24-17-25(37-21(3)34)18-28(20(24)2)38-22(4)35/h10-11,19,25-28,36H,2,8-9,12-18H2,1,3-7H3/b23-10+,24-11-/t19-,25-,26-,27+,28+,30-/m1/s1. The monoisotopic (exact) mass is 536 g/mol. The molecule has 0 heterocycles. The molecule has 3 saturated carbocycles. The smallest absolute Gasteiger partial charge is 0.303 e. The minimum atomic E-state index is -3.11. The fourth-order valence-corrected chi connectivity index (χ4v) is 7.20. The number of halogens is 2. The summed E-state index contributed by atoms with van der Waals surface area (Å²) in [5, 5.41) is 9.88. The number of esters is 2. The van der Waals surface area contributed by atoms with Crippen LogP contribution in [0.5, 0.6) is 0 Å². The highest BCUT2D eigenvalue weighted by Gasteiger charge is 2.52. The molecule has 0 aliphatic heterocycles. The normalized spacial score (nSPS) is 33.2. The zero-order valence-corrected chi connectivity index (χ0v) is 23.9. The Morgan fingerprint density at radius 2 is 1.84 bits per heavy atom. The second-order valence-electron chi connectivity index (χ2n) is 12.6. The van der Waals surface area contributed by atoms with Gasteiger partial charge in [-0.05, 0) is 86.7 Å². The van der Waals surface area contributed by atoms with Crippen LogP contribution in [0.25, 0.3) is 0 Å². The van der Waals surface area contributed by atoms with Crippen molar-refractivity contribution in [1.29, 1.82) is 0 Å². The maximum Gasteiger partial charge on any atom is 0.303 e. The summed E-state index contributed by atoms with van der Waals surface area (Å²) in [4.78, 5) is 23.2. The van der Waals surface area contributed by atoms with Crippen LogP contribution in [0.1, 0.15) is 99.3 Å². The van der Waals surface area contributed by atoms with E-state index in [9.17, 15) is 23.5 Å². The molecule has 0 aromatic heterocycles. The maximum absolute atomic E-state index is 14.4. The van der Waals surface area contributed by atoms with E-state index in [-0.39, 0.29) is 29.8 Å². The third kappa shape index (κ3) is 6.75. The Morgan fingerprint density at radius 1 is 1.18 bits per heavy atom. The molecular formula is C31H46F2O5. The quantitative estimate of drug-likeness (QED) is 0.335. The van der Waals surface area contributed by atoms with Crippen molar-refractivity contribution in [3.05, 3.63) is 35.5 Å². The summed E-state index contributed by atoms with van der Waals surface area (Å²) in [6.45, 7) is 13.7. The lowest BCUT2D eigenvalue weighted by Gasteiger charge is -2.44. The van der Waals surface area contributed by atoms with Gasteiger partial charge in [-0.25, -0.2) is 8.78 Å². The van der Waals surface area contributed by atoms with Gasteiger partial charge in [-0.3, -0.25) is 9.59 Å². The van der Waals surface area contributed by atoms with Crippen LogP contribution in [0.4, 0.5) is 8.78 Å². The van der Waals surface area contributed by atoms with E-state index in [2.05, 4.69) is 32.6 Å². The molecule has 0 unspecified atom stereocenters. The van der Waals surface area contributed by atoms with Gasteiger partial charge in [0.15, 0.2) is 0 Å². The lowest BCUT2D eigenvalue weighted by Crippen LogP contribution is -2.43. The number of hydrogen-bond donors (Lipinski definition) is 1. The molecule has 0 saturated heterocycles. The number of hydrogen-bond acceptors (Lipinski definition) is 5. The number of carbonyl (C=O) groups is 2. The second kappa shape index (κ2) is 11.6. The molecule has 3 fully saturated rings. The van der Waals surface area contributed by atoms with Gasteiger partial charge in [-0.15, -0.1) is 0 Å². The Kier molecular flexibility index (Phi) is 9.33. The second-order valence-corrected chi connectivity index (χ2v) is 12.6. The third-order valence-corrected chi connectivity index (χ3v) is 9.40. The van der Waals surface area contributed by atoms with Crippen molar-refractivity contribution < 1.29 is 33.0 Å². The van der Waals surface area contributed by atoms with Crippen molar-refractivity contribution in [1.82, 2.24) is 0 Å². The van der Waals surface area contributed by atoms with Gasteiger partial charge in [0.2, 0.25) is 0 Å². The van der Waals surface area contributed by atoms with Gasteiger partial charge in [0.25, 0.3) is 5.92 Å². The summed E-state index contributed by atoms with van der Waals surface area (Å²) in [6, 6.07) is 0. The average molecular weight is 537 g/mol. The van der Waals surface area contributed by atoms with Crippen LogP contribution in [0.2, 0.25) is 0 Å². The average Bonchev–Trinajstić information content (AvgIpc) is 3.14. The van der Waals surface area contributed by atoms with Gasteiger partial charge in [0.1, 0.15) is 17.8 Å². The number of rotatable bonds is 8. The van der Waals surface area contributed by atoms with Crippen LogP contribution in [0.3, 0.4) is 0 Å². The van der Waals surface area contributed by atoms with Crippen LogP contribution < -0.4 is 0 Å². The van der Waals surface area contributed by atoms with Gasteiger partial charge in [0.05, 0.1) is 0 Å². The first-order valence-electron chi connectivity index (χ1n) is 14.1. The molecule has 1 N–H and O–H groups in total. The summed E-state index contributed by atoms with van der Waals surface area (Å²) in [5.74, 6) is -2.99. The summed E-state index contributed by atoms with van der Waals surface area (Å²) >= 11 is 0. The Labute approximate surface area is 226 Å². The zero-order chi connectivity index (χ0) is 28.5. The highest BCUT2D eigenvalue weighted by molar-refractivity contribution is 5.67. The molecule has 0 aromatic carbocycles. The van der Waals surface area contributed by atoms with Gasteiger partial charge in [-0.2, -0.15) is 0 Å². The minimum Gasteiger partial charge on any atom is -0.462 e. The predicted octanol–water partition coefficient (Wildman–Crippen LogP) is 7.09. The van der Waals surface area contributed by atoms with Gasteiger partial charge >= 0.3 is 11.9 Å². The molecule has 3 aliphatic carbocycles. The van der Waals surface area contributed by atoms with E-state index in [1.54, 1.807) is 0 Å². The van der Waals surface area contributed by atoms with Crippen molar-refractivity contribution in [2.45, 2.75) is 123 Å². The molecule has 0 aromatic rings. The summed E-state index contributed by atoms with van der Waals surface area (Å²) in [6.07, 6.45) is 9.53. The minimum absolute atomic E-state index is 0.0517. The van der Waals surface area contributed by atoms with E-state index < -0.39 is 23.6 Å². The lowest BCUT2D eigenvalue weighted by molar-refractivity contribution is -0.168. The number of alkyl halides is 2. The molecule has 38 heavy (non-hydrogen) atoms. The molecule has 5 nitrogen and oxygen atoms in total. The van der Waals surface area contributed by atoms with Crippen LogP contribution in [-0.4, -0.2) is 40.8 Å². The van der Waals surface area contributed by atoms with Crippen molar-refractivity contribution in [2.75, 3.05) is 0 Å². The van der Waals surface area contributed by atoms with E-state index in [0.717, 1.165) is 43.3 Å². The number of carbonyl (C=O) groups excluding carboxylic acids is 2. The largest absolute Gasteiger partial charge is 0.462 e. The van der Waals surface area contributed by atoms with E-state index in [0.29, 0.717) is 31.1 Å². The molecule has 7 heteroatoms. The first-order valence-corrected chi connectivity index (χ1v) is 14.1. The topological polar surface area (TPSA) is 72.8 Å². The number of fused-ring (bicyclic) bond motifs is 1. The van der Waals surface area contributed by atoms with E-state index in [1.807, 2.05) is 0 Å².